The number of aliphatic hydroxyl groups is 1. The van der Waals surface area contributed by atoms with Crippen molar-refractivity contribution < 1.29 is 5.11 Å². The fourth-order valence-electron chi connectivity index (χ4n) is 2.39. The molecule has 2 aromatic heterocycles. The van der Waals surface area contributed by atoms with Crippen LogP contribution in [0.5, 0.6) is 0 Å². The normalized spacial score (nSPS) is 13.9. The number of pyridine rings is 1. The molecule has 0 amide bonds. The van der Waals surface area contributed by atoms with Gasteiger partial charge >= 0.3 is 0 Å². The highest BCUT2D eigenvalue weighted by molar-refractivity contribution is 5.42. The number of H-pyrrole nitrogens is 1. The van der Waals surface area contributed by atoms with Crippen molar-refractivity contribution in [2.75, 3.05) is 0 Å². The number of benzene rings is 1. The van der Waals surface area contributed by atoms with E-state index >= 15 is 0 Å². The summed E-state index contributed by atoms with van der Waals surface area (Å²) in [4.78, 5) is 11.6. The van der Waals surface area contributed by atoms with Crippen molar-refractivity contribution in [2.45, 2.75) is 12.5 Å². The molecule has 2 N–H and O–H groups in total. The number of hydrogen-bond donors (Lipinski definition) is 2. The zero-order chi connectivity index (χ0) is 14.0. The van der Waals surface area contributed by atoms with Gasteiger partial charge in [-0.2, -0.15) is 0 Å². The molecule has 0 saturated carbocycles. The van der Waals surface area contributed by atoms with E-state index in [0.717, 1.165) is 11.1 Å². The number of rotatable bonds is 3. The highest BCUT2D eigenvalue weighted by Gasteiger charge is 2.38. The van der Waals surface area contributed by atoms with Crippen molar-refractivity contribution in [1.82, 2.24) is 15.0 Å². The van der Waals surface area contributed by atoms with Crippen molar-refractivity contribution >= 4 is 0 Å². The lowest BCUT2D eigenvalue weighted by atomic mass is 9.87. The van der Waals surface area contributed by atoms with Gasteiger partial charge in [0.05, 0.1) is 5.69 Å². The Balaban J connectivity index is 2.28. The number of hydrogen-bond acceptors (Lipinski definition) is 3. The molecular formula is C16H15N3O. The molecule has 0 radical (unpaired) electrons. The van der Waals surface area contributed by atoms with E-state index in [1.165, 1.54) is 0 Å². The van der Waals surface area contributed by atoms with Crippen LogP contribution in [0.4, 0.5) is 0 Å². The van der Waals surface area contributed by atoms with Gasteiger partial charge < -0.3 is 10.1 Å². The second-order valence-electron chi connectivity index (χ2n) is 4.68. The Labute approximate surface area is 117 Å². The van der Waals surface area contributed by atoms with E-state index in [2.05, 4.69) is 15.0 Å². The average molecular weight is 265 g/mol. The van der Waals surface area contributed by atoms with Crippen molar-refractivity contribution in [3.05, 3.63) is 83.7 Å². The predicted molar refractivity (Wildman–Crippen MR) is 76.1 cm³/mol. The van der Waals surface area contributed by atoms with Gasteiger partial charge in [0.15, 0.2) is 5.60 Å². The van der Waals surface area contributed by atoms with Gasteiger partial charge in [-0.25, -0.2) is 4.98 Å². The first kappa shape index (κ1) is 12.6. The molecule has 0 bridgehead atoms. The second kappa shape index (κ2) is 4.90. The quantitative estimate of drug-likeness (QED) is 0.764. The first-order chi connectivity index (χ1) is 9.73. The lowest BCUT2D eigenvalue weighted by molar-refractivity contribution is 0.111. The van der Waals surface area contributed by atoms with E-state index in [9.17, 15) is 5.11 Å². The Hall–Kier alpha value is -2.46. The van der Waals surface area contributed by atoms with Crippen LogP contribution in [0.2, 0.25) is 0 Å². The Morgan fingerprint density at radius 1 is 1.00 bits per heavy atom. The predicted octanol–water partition coefficient (Wildman–Crippen LogP) is 2.40. The van der Waals surface area contributed by atoms with E-state index in [1.807, 2.05) is 49.4 Å². The molecule has 1 atom stereocenters. The minimum atomic E-state index is -1.38. The molecule has 0 saturated heterocycles. The molecule has 0 fully saturated rings. The van der Waals surface area contributed by atoms with Crippen LogP contribution in [-0.4, -0.2) is 20.1 Å². The van der Waals surface area contributed by atoms with Gasteiger partial charge in [0.2, 0.25) is 0 Å². The summed E-state index contributed by atoms with van der Waals surface area (Å²) in [6.45, 7) is 1.93. The van der Waals surface area contributed by atoms with Crippen LogP contribution >= 0.6 is 0 Å². The summed E-state index contributed by atoms with van der Waals surface area (Å²) in [5, 5.41) is 11.3. The van der Waals surface area contributed by atoms with Crippen molar-refractivity contribution in [2.24, 2.45) is 0 Å². The zero-order valence-corrected chi connectivity index (χ0v) is 11.1. The number of imidazole rings is 1. The fraction of sp³-hybridized carbons (Fsp3) is 0.125. The number of aromatic amines is 1. The maximum absolute atomic E-state index is 11.3. The van der Waals surface area contributed by atoms with Gasteiger partial charge in [-0.3, -0.25) is 4.98 Å². The third-order valence-electron chi connectivity index (χ3n) is 3.38. The van der Waals surface area contributed by atoms with Crippen molar-refractivity contribution in [3.63, 3.8) is 0 Å². The molecule has 2 heterocycles. The summed E-state index contributed by atoms with van der Waals surface area (Å²) in [5.74, 6) is 0.463. The first-order valence-corrected chi connectivity index (χ1v) is 6.43. The lowest BCUT2D eigenvalue weighted by Crippen LogP contribution is -2.32. The average Bonchev–Trinajstić information content (AvgIpc) is 3.03. The second-order valence-corrected chi connectivity index (χ2v) is 4.68. The minimum absolute atomic E-state index is 0.463. The molecule has 3 rings (SSSR count). The molecule has 1 aromatic carbocycles. The third kappa shape index (κ3) is 1.90. The maximum atomic E-state index is 11.3. The molecule has 100 valence electrons. The SMILES string of the molecule is Cc1cccnc1C(O)(c1ccccc1)c1ncc[nH]1. The highest BCUT2D eigenvalue weighted by Crippen LogP contribution is 2.34. The Morgan fingerprint density at radius 3 is 2.45 bits per heavy atom. The third-order valence-corrected chi connectivity index (χ3v) is 3.38. The molecule has 20 heavy (non-hydrogen) atoms. The van der Waals surface area contributed by atoms with Gasteiger partial charge in [-0.1, -0.05) is 36.4 Å². The topological polar surface area (TPSA) is 61.8 Å². The van der Waals surface area contributed by atoms with Gasteiger partial charge in [-0.15, -0.1) is 0 Å². The van der Waals surface area contributed by atoms with Gasteiger partial charge in [0, 0.05) is 18.6 Å². The molecule has 0 aliphatic carbocycles. The summed E-state index contributed by atoms with van der Waals surface area (Å²) in [6.07, 6.45) is 5.00. The summed E-state index contributed by atoms with van der Waals surface area (Å²) < 4.78 is 0. The summed E-state index contributed by atoms with van der Waals surface area (Å²) >= 11 is 0. The van der Waals surface area contributed by atoms with E-state index in [-0.39, 0.29) is 0 Å². The lowest BCUT2D eigenvalue weighted by Gasteiger charge is -2.27. The van der Waals surface area contributed by atoms with Crippen molar-refractivity contribution in [3.8, 4) is 0 Å². The number of nitrogens with zero attached hydrogens (tertiary/aromatic N) is 2. The standard InChI is InChI=1S/C16H15N3O/c1-12-6-5-9-17-14(12)16(20,15-18-10-11-19-15)13-7-3-2-4-8-13/h2-11,20H,1H3,(H,18,19). The van der Waals surface area contributed by atoms with Crippen LogP contribution in [0.25, 0.3) is 0 Å². The zero-order valence-electron chi connectivity index (χ0n) is 11.1. The highest BCUT2D eigenvalue weighted by atomic mass is 16.3. The molecule has 0 aliphatic heterocycles. The van der Waals surface area contributed by atoms with E-state index in [4.69, 9.17) is 0 Å². The smallest absolute Gasteiger partial charge is 0.190 e. The van der Waals surface area contributed by atoms with Crippen LogP contribution < -0.4 is 0 Å². The van der Waals surface area contributed by atoms with Crippen LogP contribution in [0.15, 0.2) is 61.1 Å². The first-order valence-electron chi connectivity index (χ1n) is 6.43. The maximum Gasteiger partial charge on any atom is 0.190 e. The van der Waals surface area contributed by atoms with Crippen LogP contribution in [0, 0.1) is 6.92 Å². The molecule has 0 aliphatic rings. The summed E-state index contributed by atoms with van der Waals surface area (Å²) in [7, 11) is 0. The van der Waals surface area contributed by atoms with E-state index in [0.29, 0.717) is 11.5 Å². The monoisotopic (exact) mass is 265 g/mol. The fourth-order valence-corrected chi connectivity index (χ4v) is 2.39. The molecule has 0 spiro atoms. The Bertz CT molecular complexity index is 695. The van der Waals surface area contributed by atoms with Crippen LogP contribution in [0.3, 0.4) is 0 Å². The molecule has 1 unspecified atom stereocenters. The number of aryl methyl sites for hydroxylation is 1. The van der Waals surface area contributed by atoms with E-state index < -0.39 is 5.60 Å². The van der Waals surface area contributed by atoms with Gasteiger partial charge in [0.25, 0.3) is 0 Å². The van der Waals surface area contributed by atoms with Gasteiger partial charge in [0.1, 0.15) is 5.82 Å². The molecule has 3 aromatic rings. The summed E-state index contributed by atoms with van der Waals surface area (Å²) in [5.41, 5.74) is 0.851. The Morgan fingerprint density at radius 2 is 1.80 bits per heavy atom. The number of aromatic nitrogens is 3. The summed E-state index contributed by atoms with van der Waals surface area (Å²) in [6, 6.07) is 13.2. The molecule has 4 nitrogen and oxygen atoms in total. The largest absolute Gasteiger partial charge is 0.372 e. The van der Waals surface area contributed by atoms with Crippen LogP contribution in [-0.2, 0) is 5.60 Å². The van der Waals surface area contributed by atoms with Crippen molar-refractivity contribution in [1.29, 1.82) is 0 Å². The Kier molecular flexibility index (Phi) is 3.08. The van der Waals surface area contributed by atoms with Gasteiger partial charge in [-0.05, 0) is 24.1 Å². The number of nitrogens with one attached hydrogen (secondary N) is 1. The molecule has 4 heteroatoms. The molecular weight excluding hydrogens is 250 g/mol. The van der Waals surface area contributed by atoms with Crippen LogP contribution in [0.1, 0.15) is 22.6 Å². The van der Waals surface area contributed by atoms with E-state index in [1.54, 1.807) is 18.6 Å². The minimum Gasteiger partial charge on any atom is -0.372 e.